The van der Waals surface area contributed by atoms with Crippen molar-refractivity contribution < 1.29 is 4.39 Å². The maximum absolute atomic E-state index is 12.9. The standard InChI is InChI=1S/C9H5ClFN/c10-9-6-3-1-2-4-8(6)12-5-7(9)11/h1-5H. The molecule has 1 aromatic carbocycles. The minimum atomic E-state index is -0.477. The van der Waals surface area contributed by atoms with Gasteiger partial charge in [0.15, 0.2) is 5.82 Å². The van der Waals surface area contributed by atoms with Crippen LogP contribution in [0.1, 0.15) is 0 Å². The van der Waals surface area contributed by atoms with Gasteiger partial charge in [0.2, 0.25) is 0 Å². The monoisotopic (exact) mass is 181 g/mol. The number of aromatic nitrogens is 1. The van der Waals surface area contributed by atoms with Crippen LogP contribution in [0, 0.1) is 5.82 Å². The molecule has 1 nitrogen and oxygen atoms in total. The molecule has 0 aliphatic carbocycles. The molecule has 0 atom stereocenters. The van der Waals surface area contributed by atoms with E-state index in [0.717, 1.165) is 6.20 Å². The van der Waals surface area contributed by atoms with Crippen molar-refractivity contribution in [1.82, 2.24) is 4.98 Å². The summed E-state index contributed by atoms with van der Waals surface area (Å²) in [6.07, 6.45) is 1.13. The molecular weight excluding hydrogens is 177 g/mol. The molecule has 2 rings (SSSR count). The summed E-state index contributed by atoms with van der Waals surface area (Å²) in [5.41, 5.74) is 0.712. The lowest BCUT2D eigenvalue weighted by atomic mass is 10.2. The predicted octanol–water partition coefficient (Wildman–Crippen LogP) is 3.03. The maximum atomic E-state index is 12.9. The van der Waals surface area contributed by atoms with Crippen molar-refractivity contribution in [2.75, 3.05) is 0 Å². The van der Waals surface area contributed by atoms with Crippen LogP contribution in [0.3, 0.4) is 0 Å². The van der Waals surface area contributed by atoms with Gasteiger partial charge in [-0.3, -0.25) is 4.98 Å². The smallest absolute Gasteiger partial charge is 0.160 e. The fourth-order valence-electron chi connectivity index (χ4n) is 1.08. The van der Waals surface area contributed by atoms with Gasteiger partial charge in [-0.2, -0.15) is 0 Å². The van der Waals surface area contributed by atoms with Gasteiger partial charge in [-0.05, 0) is 6.07 Å². The van der Waals surface area contributed by atoms with Gasteiger partial charge >= 0.3 is 0 Å². The number of benzene rings is 1. The van der Waals surface area contributed by atoms with E-state index >= 15 is 0 Å². The Morgan fingerprint density at radius 1 is 1.25 bits per heavy atom. The van der Waals surface area contributed by atoms with Gasteiger partial charge < -0.3 is 0 Å². The van der Waals surface area contributed by atoms with Crippen molar-refractivity contribution in [3.8, 4) is 0 Å². The third kappa shape index (κ3) is 1.04. The van der Waals surface area contributed by atoms with Crippen LogP contribution < -0.4 is 0 Å². The summed E-state index contributed by atoms with van der Waals surface area (Å²) in [5, 5.41) is 0.791. The van der Waals surface area contributed by atoms with Crippen LogP contribution in [-0.2, 0) is 0 Å². The van der Waals surface area contributed by atoms with E-state index in [-0.39, 0.29) is 5.02 Å². The molecule has 0 amide bonds. The number of fused-ring (bicyclic) bond motifs is 1. The second-order valence-corrected chi connectivity index (χ2v) is 2.82. The topological polar surface area (TPSA) is 12.9 Å². The zero-order valence-corrected chi connectivity index (χ0v) is 6.85. The van der Waals surface area contributed by atoms with E-state index in [2.05, 4.69) is 4.98 Å². The van der Waals surface area contributed by atoms with Crippen molar-refractivity contribution in [3.05, 3.63) is 41.3 Å². The van der Waals surface area contributed by atoms with Gasteiger partial charge in [-0.15, -0.1) is 0 Å². The first-order chi connectivity index (χ1) is 5.79. The van der Waals surface area contributed by atoms with Crippen molar-refractivity contribution in [1.29, 1.82) is 0 Å². The molecule has 1 heterocycles. The van der Waals surface area contributed by atoms with Crippen molar-refractivity contribution in [2.24, 2.45) is 0 Å². The van der Waals surface area contributed by atoms with Crippen molar-refractivity contribution in [3.63, 3.8) is 0 Å². The summed E-state index contributed by atoms with van der Waals surface area (Å²) < 4.78 is 12.9. The van der Waals surface area contributed by atoms with Crippen molar-refractivity contribution in [2.45, 2.75) is 0 Å². The zero-order valence-electron chi connectivity index (χ0n) is 6.09. The molecule has 3 heteroatoms. The quantitative estimate of drug-likeness (QED) is 0.609. The molecule has 0 saturated heterocycles. The fraction of sp³-hybridized carbons (Fsp3) is 0. The van der Waals surface area contributed by atoms with E-state index in [1.165, 1.54) is 0 Å². The molecule has 0 bridgehead atoms. The molecule has 0 N–H and O–H groups in total. The molecule has 0 saturated carbocycles. The van der Waals surface area contributed by atoms with Crippen LogP contribution in [0.2, 0.25) is 5.02 Å². The molecule has 12 heavy (non-hydrogen) atoms. The average Bonchev–Trinajstić information content (AvgIpc) is 2.12. The highest BCUT2D eigenvalue weighted by atomic mass is 35.5. The van der Waals surface area contributed by atoms with Gasteiger partial charge in [0.1, 0.15) is 0 Å². The molecule has 2 aromatic rings. The van der Waals surface area contributed by atoms with Gasteiger partial charge in [-0.1, -0.05) is 29.8 Å². The van der Waals surface area contributed by atoms with Crippen LogP contribution in [0.25, 0.3) is 10.9 Å². The molecule has 0 aliphatic heterocycles. The third-order valence-electron chi connectivity index (χ3n) is 1.67. The summed E-state index contributed by atoms with van der Waals surface area (Å²) in [5.74, 6) is -0.477. The van der Waals surface area contributed by atoms with Gasteiger partial charge in [0.25, 0.3) is 0 Å². The lowest BCUT2D eigenvalue weighted by Gasteiger charge is -1.98. The second-order valence-electron chi connectivity index (χ2n) is 2.44. The first kappa shape index (κ1) is 7.50. The molecule has 0 radical (unpaired) electrons. The fourth-order valence-corrected chi connectivity index (χ4v) is 1.29. The van der Waals surface area contributed by atoms with Gasteiger partial charge in [0.05, 0.1) is 16.7 Å². The third-order valence-corrected chi connectivity index (χ3v) is 2.05. The molecule has 0 aliphatic rings. The molecule has 0 unspecified atom stereocenters. The predicted molar refractivity (Wildman–Crippen MR) is 46.7 cm³/mol. The normalized spacial score (nSPS) is 10.5. The minimum Gasteiger partial charge on any atom is -0.253 e. The number of rotatable bonds is 0. The number of nitrogens with zero attached hydrogens (tertiary/aromatic N) is 1. The number of hydrogen-bond donors (Lipinski definition) is 0. The molecule has 60 valence electrons. The number of hydrogen-bond acceptors (Lipinski definition) is 1. The Bertz CT molecular complexity index is 428. The Kier molecular flexibility index (Phi) is 1.70. The number of pyridine rings is 1. The molecule has 0 spiro atoms. The molecular formula is C9H5ClFN. The Morgan fingerprint density at radius 2 is 2.00 bits per heavy atom. The zero-order chi connectivity index (χ0) is 8.55. The van der Waals surface area contributed by atoms with E-state index in [1.807, 2.05) is 6.07 Å². The lowest BCUT2D eigenvalue weighted by molar-refractivity contribution is 0.624. The lowest BCUT2D eigenvalue weighted by Crippen LogP contribution is -1.83. The largest absolute Gasteiger partial charge is 0.253 e. The number of halogens is 2. The Morgan fingerprint density at radius 3 is 2.83 bits per heavy atom. The maximum Gasteiger partial charge on any atom is 0.160 e. The summed E-state index contributed by atoms with van der Waals surface area (Å²) in [6, 6.07) is 7.17. The first-order valence-corrected chi connectivity index (χ1v) is 3.85. The first-order valence-electron chi connectivity index (χ1n) is 3.48. The van der Waals surface area contributed by atoms with Crippen LogP contribution in [-0.4, -0.2) is 4.98 Å². The van der Waals surface area contributed by atoms with E-state index in [0.29, 0.717) is 10.9 Å². The SMILES string of the molecule is Fc1cnc2ccccc2c1Cl. The van der Waals surface area contributed by atoms with Gasteiger partial charge in [0, 0.05) is 5.39 Å². The highest BCUT2D eigenvalue weighted by Crippen LogP contribution is 2.23. The second kappa shape index (κ2) is 2.72. The van der Waals surface area contributed by atoms with E-state index < -0.39 is 5.82 Å². The summed E-state index contributed by atoms with van der Waals surface area (Å²) >= 11 is 5.71. The molecule has 1 aromatic heterocycles. The van der Waals surface area contributed by atoms with Crippen LogP contribution in [0.15, 0.2) is 30.5 Å². The van der Waals surface area contributed by atoms with E-state index in [9.17, 15) is 4.39 Å². The highest BCUT2D eigenvalue weighted by molar-refractivity contribution is 6.35. The minimum absolute atomic E-state index is 0.139. The Balaban J connectivity index is 2.91. The van der Waals surface area contributed by atoms with Crippen LogP contribution in [0.5, 0.6) is 0 Å². The number of para-hydroxylation sites is 1. The Hall–Kier alpha value is -1.15. The van der Waals surface area contributed by atoms with Crippen LogP contribution in [0.4, 0.5) is 4.39 Å². The highest BCUT2D eigenvalue weighted by Gasteiger charge is 2.03. The van der Waals surface area contributed by atoms with Gasteiger partial charge in [-0.25, -0.2) is 4.39 Å². The summed E-state index contributed by atoms with van der Waals surface area (Å²) in [6.45, 7) is 0. The van der Waals surface area contributed by atoms with Crippen molar-refractivity contribution >= 4 is 22.5 Å². The summed E-state index contributed by atoms with van der Waals surface area (Å²) in [7, 11) is 0. The van der Waals surface area contributed by atoms with E-state index in [4.69, 9.17) is 11.6 Å². The Labute approximate surface area is 73.8 Å². The average molecular weight is 182 g/mol. The van der Waals surface area contributed by atoms with Crippen LogP contribution >= 0.6 is 11.6 Å². The summed E-state index contributed by atoms with van der Waals surface area (Å²) in [4.78, 5) is 3.88. The van der Waals surface area contributed by atoms with E-state index in [1.54, 1.807) is 18.2 Å². The molecule has 0 fully saturated rings.